The number of benzene rings is 2. The number of sulfonamides is 1. The van der Waals surface area contributed by atoms with Crippen LogP contribution in [-0.4, -0.2) is 54.6 Å². The van der Waals surface area contributed by atoms with Gasteiger partial charge in [-0.15, -0.1) is 0 Å². The number of rotatable bonds is 6. The number of hydrogen-bond acceptors (Lipinski definition) is 5. The summed E-state index contributed by atoms with van der Waals surface area (Å²) in [5.74, 6) is 0.0613. The summed E-state index contributed by atoms with van der Waals surface area (Å²) in [4.78, 5) is 24.6. The molecule has 0 aromatic heterocycles. The van der Waals surface area contributed by atoms with Crippen LogP contribution in [0.1, 0.15) is 30.9 Å². The first-order valence-corrected chi connectivity index (χ1v) is 11.4. The Morgan fingerprint density at radius 1 is 1.06 bits per heavy atom. The lowest BCUT2D eigenvalue weighted by molar-refractivity contribution is -0.384. The second kappa shape index (κ2) is 9.40. The third-order valence-corrected chi connectivity index (χ3v) is 7.15. The highest BCUT2D eigenvalue weighted by molar-refractivity contribution is 7.89. The summed E-state index contributed by atoms with van der Waals surface area (Å²) in [6.07, 6.45) is 2.88. The molecule has 2 aromatic carbocycles. The zero-order valence-electron chi connectivity index (χ0n) is 17.5. The van der Waals surface area contributed by atoms with Crippen LogP contribution in [0.25, 0.3) is 6.08 Å². The maximum absolute atomic E-state index is 12.9. The lowest BCUT2D eigenvalue weighted by Gasteiger charge is -2.33. The molecule has 8 nitrogen and oxygen atoms in total. The van der Waals surface area contributed by atoms with Crippen LogP contribution >= 0.6 is 0 Å². The Kier molecular flexibility index (Phi) is 6.87. The van der Waals surface area contributed by atoms with Crippen LogP contribution in [0.5, 0.6) is 0 Å². The number of nitrogens with zero attached hydrogens (tertiary/aromatic N) is 3. The van der Waals surface area contributed by atoms with Crippen molar-refractivity contribution in [3.63, 3.8) is 0 Å². The monoisotopic (exact) mass is 443 g/mol. The van der Waals surface area contributed by atoms with Crippen molar-refractivity contribution >= 4 is 27.7 Å². The van der Waals surface area contributed by atoms with E-state index in [1.165, 1.54) is 28.6 Å². The van der Waals surface area contributed by atoms with E-state index in [0.717, 1.165) is 5.56 Å². The van der Waals surface area contributed by atoms with Crippen LogP contribution in [-0.2, 0) is 14.8 Å². The molecule has 0 atom stereocenters. The van der Waals surface area contributed by atoms with Gasteiger partial charge in [-0.2, -0.15) is 4.31 Å². The number of hydrogen-bond donors (Lipinski definition) is 0. The summed E-state index contributed by atoms with van der Waals surface area (Å²) in [5.41, 5.74) is 1.58. The smallest absolute Gasteiger partial charge is 0.270 e. The fourth-order valence-corrected chi connectivity index (χ4v) is 4.76. The third-order valence-electron chi connectivity index (χ3n) is 5.23. The molecule has 0 radical (unpaired) electrons. The Morgan fingerprint density at radius 2 is 1.71 bits per heavy atom. The molecule has 1 heterocycles. The summed E-state index contributed by atoms with van der Waals surface area (Å²) in [6.45, 7) is 5.08. The molecule has 9 heteroatoms. The van der Waals surface area contributed by atoms with Crippen molar-refractivity contribution in [2.75, 3.05) is 26.2 Å². The summed E-state index contributed by atoms with van der Waals surface area (Å²) < 4.78 is 27.2. The first-order chi connectivity index (χ1) is 14.7. The van der Waals surface area contributed by atoms with Gasteiger partial charge in [-0.1, -0.05) is 38.1 Å². The molecule has 0 bridgehead atoms. The van der Waals surface area contributed by atoms with Gasteiger partial charge in [-0.25, -0.2) is 8.42 Å². The third kappa shape index (κ3) is 5.36. The minimum atomic E-state index is -3.61. The standard InChI is InChI=1S/C22H25N3O5S/c1-17(2)19-7-9-21(10-8-19)31(29,30)24-14-12-23(13-15-24)22(26)11-6-18-4-3-5-20(16-18)25(27)28/h3-11,16-17H,12-15H2,1-2H3. The van der Waals surface area contributed by atoms with Crippen LogP contribution in [0.3, 0.4) is 0 Å². The van der Waals surface area contributed by atoms with Gasteiger partial charge in [0.2, 0.25) is 15.9 Å². The zero-order valence-corrected chi connectivity index (χ0v) is 18.3. The molecule has 2 aromatic rings. The fourth-order valence-electron chi connectivity index (χ4n) is 3.34. The van der Waals surface area contributed by atoms with Gasteiger partial charge in [0.25, 0.3) is 5.69 Å². The van der Waals surface area contributed by atoms with Crippen LogP contribution in [0.2, 0.25) is 0 Å². The van der Waals surface area contributed by atoms with E-state index in [-0.39, 0.29) is 42.7 Å². The second-order valence-corrected chi connectivity index (χ2v) is 9.58. The van der Waals surface area contributed by atoms with Gasteiger partial charge in [-0.3, -0.25) is 14.9 Å². The van der Waals surface area contributed by atoms with Crippen LogP contribution in [0, 0.1) is 10.1 Å². The van der Waals surface area contributed by atoms with Gasteiger partial charge < -0.3 is 4.90 Å². The first-order valence-electron chi connectivity index (χ1n) is 10.00. The van der Waals surface area contributed by atoms with E-state index in [1.54, 1.807) is 29.2 Å². The molecule has 0 saturated carbocycles. The molecular formula is C22H25N3O5S. The van der Waals surface area contributed by atoms with Gasteiger partial charge >= 0.3 is 0 Å². The predicted molar refractivity (Wildman–Crippen MR) is 118 cm³/mol. The molecule has 1 saturated heterocycles. The number of amides is 1. The first kappa shape index (κ1) is 22.6. The van der Waals surface area contributed by atoms with Gasteiger partial charge in [0, 0.05) is 44.4 Å². The lowest BCUT2D eigenvalue weighted by Crippen LogP contribution is -2.50. The van der Waals surface area contributed by atoms with Crippen LogP contribution in [0.15, 0.2) is 59.5 Å². The molecular weight excluding hydrogens is 418 g/mol. The van der Waals surface area contributed by atoms with Gasteiger partial charge in [-0.05, 0) is 35.3 Å². The van der Waals surface area contributed by atoms with Crippen molar-refractivity contribution in [3.8, 4) is 0 Å². The SMILES string of the molecule is CC(C)c1ccc(S(=O)(=O)N2CCN(C(=O)C=Cc3cccc([N+](=O)[O-])c3)CC2)cc1. The Bertz CT molecular complexity index is 1090. The van der Waals surface area contributed by atoms with E-state index in [1.807, 2.05) is 26.0 Å². The number of carbonyl (C=O) groups excluding carboxylic acids is 1. The summed E-state index contributed by atoms with van der Waals surface area (Å²) in [5, 5.41) is 10.9. The molecule has 31 heavy (non-hydrogen) atoms. The van der Waals surface area contributed by atoms with Crippen molar-refractivity contribution in [1.82, 2.24) is 9.21 Å². The highest BCUT2D eigenvalue weighted by Crippen LogP contribution is 2.21. The van der Waals surface area contributed by atoms with Crippen molar-refractivity contribution in [1.29, 1.82) is 0 Å². The lowest BCUT2D eigenvalue weighted by atomic mass is 10.0. The molecule has 1 aliphatic heterocycles. The van der Waals surface area contributed by atoms with E-state index in [0.29, 0.717) is 11.5 Å². The van der Waals surface area contributed by atoms with E-state index < -0.39 is 14.9 Å². The normalized spacial score (nSPS) is 15.5. The molecule has 1 aliphatic rings. The van der Waals surface area contributed by atoms with Gasteiger partial charge in [0.05, 0.1) is 9.82 Å². The molecule has 1 fully saturated rings. The Hall–Kier alpha value is -3.04. The van der Waals surface area contributed by atoms with E-state index >= 15 is 0 Å². The quantitative estimate of drug-likeness (QED) is 0.387. The molecule has 3 rings (SSSR count). The molecule has 0 N–H and O–H groups in total. The second-order valence-electron chi connectivity index (χ2n) is 7.64. The average Bonchev–Trinajstić information content (AvgIpc) is 2.77. The zero-order chi connectivity index (χ0) is 22.6. The number of carbonyl (C=O) groups is 1. The topological polar surface area (TPSA) is 101 Å². The summed E-state index contributed by atoms with van der Waals surface area (Å²) in [6, 6.07) is 12.9. The number of piperazine rings is 1. The van der Waals surface area contributed by atoms with Crippen molar-refractivity contribution in [3.05, 3.63) is 75.8 Å². The van der Waals surface area contributed by atoms with E-state index in [4.69, 9.17) is 0 Å². The van der Waals surface area contributed by atoms with Crippen molar-refractivity contribution < 1.29 is 18.1 Å². The van der Waals surface area contributed by atoms with Gasteiger partial charge in [0.15, 0.2) is 0 Å². The Balaban J connectivity index is 1.61. The average molecular weight is 444 g/mol. The highest BCUT2D eigenvalue weighted by atomic mass is 32.2. The van der Waals surface area contributed by atoms with Gasteiger partial charge in [0.1, 0.15) is 0 Å². The minimum Gasteiger partial charge on any atom is -0.337 e. The number of nitro benzene ring substituents is 1. The molecule has 0 spiro atoms. The fraction of sp³-hybridized carbons (Fsp3) is 0.318. The van der Waals surface area contributed by atoms with Crippen LogP contribution < -0.4 is 0 Å². The van der Waals surface area contributed by atoms with E-state index in [2.05, 4.69) is 0 Å². The van der Waals surface area contributed by atoms with E-state index in [9.17, 15) is 23.3 Å². The highest BCUT2D eigenvalue weighted by Gasteiger charge is 2.29. The van der Waals surface area contributed by atoms with Crippen LogP contribution in [0.4, 0.5) is 5.69 Å². The minimum absolute atomic E-state index is 0.0464. The van der Waals surface area contributed by atoms with Crippen molar-refractivity contribution in [2.45, 2.75) is 24.7 Å². The Labute approximate surface area is 182 Å². The molecule has 1 amide bonds. The predicted octanol–water partition coefficient (Wildman–Crippen LogP) is 3.26. The molecule has 0 aliphatic carbocycles. The maximum Gasteiger partial charge on any atom is 0.270 e. The summed E-state index contributed by atoms with van der Waals surface area (Å²) >= 11 is 0. The number of nitro groups is 1. The molecule has 164 valence electrons. The van der Waals surface area contributed by atoms with Crippen molar-refractivity contribution in [2.24, 2.45) is 0 Å². The number of non-ortho nitro benzene ring substituents is 1. The molecule has 0 unspecified atom stereocenters. The summed E-state index contributed by atoms with van der Waals surface area (Å²) in [7, 11) is -3.61. The largest absolute Gasteiger partial charge is 0.337 e. The maximum atomic E-state index is 12.9. The Morgan fingerprint density at radius 3 is 2.29 bits per heavy atom.